The standard InChI is InChI=1S/2C14H10.C10H8/c1-3-7-13-11(5-1)9-10-12-6-2-4-8-14(12)13;1-2-6-12-10-14-8-4-3-7-13(14)9-11(12)5-1;1-2-6-10-8-4-3-7-9(10)5-1/h2*1-10H;1-8H. The minimum absolute atomic E-state index is 1.31. The molecule has 0 fully saturated rings. The predicted octanol–water partition coefficient (Wildman–Crippen LogP) is 10.8. The maximum Gasteiger partial charge on any atom is -0.0105 e. The van der Waals surface area contributed by atoms with Gasteiger partial charge in [0.2, 0.25) is 0 Å². The third kappa shape index (κ3) is 5.12. The summed E-state index contributed by atoms with van der Waals surface area (Å²) in [6, 6.07) is 59.5. The molecule has 8 aromatic rings. The van der Waals surface area contributed by atoms with Crippen LogP contribution >= 0.6 is 0 Å². The molecular formula is C38H28. The molecule has 38 heavy (non-hydrogen) atoms. The predicted molar refractivity (Wildman–Crippen MR) is 167 cm³/mol. The van der Waals surface area contributed by atoms with Crippen LogP contribution in [0.1, 0.15) is 0 Å². The first-order valence-electron chi connectivity index (χ1n) is 13.0. The Balaban J connectivity index is 0.000000106. The Labute approximate surface area is 223 Å². The summed E-state index contributed by atoms with van der Waals surface area (Å²) in [6.07, 6.45) is 0. The molecule has 0 heteroatoms. The quantitative estimate of drug-likeness (QED) is 0.148. The highest BCUT2D eigenvalue weighted by Gasteiger charge is 1.97. The van der Waals surface area contributed by atoms with Crippen LogP contribution in [0.2, 0.25) is 0 Å². The van der Waals surface area contributed by atoms with E-state index in [-0.39, 0.29) is 0 Å². The third-order valence-corrected chi connectivity index (χ3v) is 6.93. The van der Waals surface area contributed by atoms with E-state index < -0.39 is 0 Å². The van der Waals surface area contributed by atoms with Gasteiger partial charge in [0.1, 0.15) is 0 Å². The van der Waals surface area contributed by atoms with Crippen molar-refractivity contribution in [3.63, 3.8) is 0 Å². The first-order chi connectivity index (χ1) is 18.8. The van der Waals surface area contributed by atoms with Crippen LogP contribution in [0.3, 0.4) is 0 Å². The van der Waals surface area contributed by atoms with Gasteiger partial charge in [-0.1, -0.05) is 158 Å². The molecule has 0 unspecified atom stereocenters. The maximum atomic E-state index is 2.24. The summed E-state index contributed by atoms with van der Waals surface area (Å²) in [6.45, 7) is 0. The van der Waals surface area contributed by atoms with Crippen molar-refractivity contribution in [2.45, 2.75) is 0 Å². The largest absolute Gasteiger partial charge is 0.0616 e. The van der Waals surface area contributed by atoms with Crippen molar-refractivity contribution in [1.82, 2.24) is 0 Å². The number of fused-ring (bicyclic) bond motifs is 6. The first-order valence-corrected chi connectivity index (χ1v) is 13.0. The minimum atomic E-state index is 1.31. The maximum absolute atomic E-state index is 2.24. The average Bonchev–Trinajstić information content (AvgIpc) is 3.01. The van der Waals surface area contributed by atoms with Crippen molar-refractivity contribution in [2.75, 3.05) is 0 Å². The third-order valence-electron chi connectivity index (χ3n) is 6.93. The minimum Gasteiger partial charge on any atom is -0.0616 e. The van der Waals surface area contributed by atoms with E-state index in [0.717, 1.165) is 0 Å². The van der Waals surface area contributed by atoms with Crippen LogP contribution in [0.4, 0.5) is 0 Å². The second-order valence-electron chi connectivity index (χ2n) is 9.40. The monoisotopic (exact) mass is 484 g/mol. The van der Waals surface area contributed by atoms with Gasteiger partial charge in [-0.05, 0) is 66.0 Å². The molecule has 0 saturated heterocycles. The summed E-state index contributed by atoms with van der Waals surface area (Å²) < 4.78 is 0. The van der Waals surface area contributed by atoms with Gasteiger partial charge >= 0.3 is 0 Å². The van der Waals surface area contributed by atoms with Gasteiger partial charge in [-0.15, -0.1) is 0 Å². The summed E-state index contributed by atoms with van der Waals surface area (Å²) in [5.41, 5.74) is 0. The van der Waals surface area contributed by atoms with Crippen molar-refractivity contribution in [2.24, 2.45) is 0 Å². The number of rotatable bonds is 0. The molecule has 0 heterocycles. The second-order valence-corrected chi connectivity index (χ2v) is 9.40. The molecular weight excluding hydrogens is 456 g/mol. The Hall–Kier alpha value is -4.94. The first kappa shape index (κ1) is 23.5. The summed E-state index contributed by atoms with van der Waals surface area (Å²) in [4.78, 5) is 0. The van der Waals surface area contributed by atoms with Crippen LogP contribution in [0.15, 0.2) is 170 Å². The highest BCUT2D eigenvalue weighted by atomic mass is 14.0. The Kier molecular flexibility index (Phi) is 6.78. The van der Waals surface area contributed by atoms with Gasteiger partial charge in [0.05, 0.1) is 0 Å². The molecule has 0 amide bonds. The zero-order valence-electron chi connectivity index (χ0n) is 21.2. The molecule has 8 aromatic carbocycles. The lowest BCUT2D eigenvalue weighted by Crippen LogP contribution is -1.75. The second kappa shape index (κ2) is 11.0. The molecule has 0 aliphatic heterocycles. The SMILES string of the molecule is c1ccc2c(c1)ccc1ccccc12.c1ccc2cc3ccccc3cc2c1.c1ccc2ccccc2c1. The van der Waals surface area contributed by atoms with E-state index in [0.29, 0.717) is 0 Å². The van der Waals surface area contributed by atoms with Crippen LogP contribution in [0.5, 0.6) is 0 Å². The molecule has 0 aliphatic rings. The summed E-state index contributed by atoms with van der Waals surface area (Å²) in [5, 5.41) is 13.2. The fourth-order valence-corrected chi connectivity index (χ4v) is 4.97. The molecule has 0 atom stereocenters. The van der Waals surface area contributed by atoms with Crippen LogP contribution in [0, 0.1) is 0 Å². The molecule has 0 aliphatic carbocycles. The Bertz CT molecular complexity index is 1740. The van der Waals surface area contributed by atoms with E-state index in [1.807, 2.05) is 0 Å². The Morgan fingerprint density at radius 1 is 0.184 bits per heavy atom. The van der Waals surface area contributed by atoms with Gasteiger partial charge in [-0.3, -0.25) is 0 Å². The van der Waals surface area contributed by atoms with Crippen molar-refractivity contribution in [3.05, 3.63) is 170 Å². The van der Waals surface area contributed by atoms with Gasteiger partial charge in [0.25, 0.3) is 0 Å². The summed E-state index contributed by atoms with van der Waals surface area (Å²) >= 11 is 0. The van der Waals surface area contributed by atoms with Gasteiger partial charge in [0.15, 0.2) is 0 Å². The molecule has 0 radical (unpaired) electrons. The Morgan fingerprint density at radius 2 is 0.421 bits per heavy atom. The lowest BCUT2D eigenvalue weighted by atomic mass is 10.0. The van der Waals surface area contributed by atoms with Crippen LogP contribution in [-0.2, 0) is 0 Å². The lowest BCUT2D eigenvalue weighted by Gasteiger charge is -2.02. The zero-order valence-corrected chi connectivity index (χ0v) is 21.2. The number of hydrogen-bond acceptors (Lipinski definition) is 0. The molecule has 8 rings (SSSR count). The van der Waals surface area contributed by atoms with E-state index in [9.17, 15) is 0 Å². The molecule has 0 nitrogen and oxygen atoms in total. The van der Waals surface area contributed by atoms with E-state index in [2.05, 4.69) is 170 Å². The van der Waals surface area contributed by atoms with Crippen molar-refractivity contribution >= 4 is 53.9 Å². The molecule has 0 bridgehead atoms. The number of benzene rings is 8. The fraction of sp³-hybridized carbons (Fsp3) is 0. The highest BCUT2D eigenvalue weighted by molar-refractivity contribution is 6.07. The highest BCUT2D eigenvalue weighted by Crippen LogP contribution is 2.25. The summed E-state index contributed by atoms with van der Waals surface area (Å²) in [5.74, 6) is 0. The lowest BCUT2D eigenvalue weighted by molar-refractivity contribution is 1.75. The van der Waals surface area contributed by atoms with Gasteiger partial charge < -0.3 is 0 Å². The van der Waals surface area contributed by atoms with Crippen molar-refractivity contribution in [3.8, 4) is 0 Å². The van der Waals surface area contributed by atoms with Gasteiger partial charge in [0, 0.05) is 0 Å². The van der Waals surface area contributed by atoms with Crippen LogP contribution < -0.4 is 0 Å². The molecule has 0 spiro atoms. The molecule has 0 saturated carbocycles. The Morgan fingerprint density at radius 3 is 0.737 bits per heavy atom. The van der Waals surface area contributed by atoms with E-state index >= 15 is 0 Å². The van der Waals surface area contributed by atoms with E-state index in [1.54, 1.807) is 0 Å². The molecule has 0 N–H and O–H groups in total. The van der Waals surface area contributed by atoms with Crippen LogP contribution in [-0.4, -0.2) is 0 Å². The molecule has 180 valence electrons. The number of hydrogen-bond donors (Lipinski definition) is 0. The van der Waals surface area contributed by atoms with E-state index in [4.69, 9.17) is 0 Å². The van der Waals surface area contributed by atoms with Crippen molar-refractivity contribution in [1.29, 1.82) is 0 Å². The summed E-state index contributed by atoms with van der Waals surface area (Å²) in [7, 11) is 0. The smallest absolute Gasteiger partial charge is 0.0105 e. The average molecular weight is 485 g/mol. The van der Waals surface area contributed by atoms with Gasteiger partial charge in [-0.25, -0.2) is 0 Å². The molecule has 0 aromatic heterocycles. The normalized spacial score (nSPS) is 10.6. The van der Waals surface area contributed by atoms with Gasteiger partial charge in [-0.2, -0.15) is 0 Å². The fourth-order valence-electron chi connectivity index (χ4n) is 4.97. The zero-order chi connectivity index (χ0) is 25.6. The topological polar surface area (TPSA) is 0 Å². The van der Waals surface area contributed by atoms with Crippen molar-refractivity contribution < 1.29 is 0 Å². The van der Waals surface area contributed by atoms with Crippen LogP contribution in [0.25, 0.3) is 53.9 Å². The van der Waals surface area contributed by atoms with E-state index in [1.165, 1.54) is 53.9 Å².